The van der Waals surface area contributed by atoms with E-state index in [0.29, 0.717) is 10.1 Å². The lowest BCUT2D eigenvalue weighted by molar-refractivity contribution is 0.0845. The second-order valence-electron chi connectivity index (χ2n) is 5.47. The van der Waals surface area contributed by atoms with E-state index < -0.39 is 11.8 Å². The molecule has 3 N–H and O–H groups in total. The molecule has 7 heteroatoms. The van der Waals surface area contributed by atoms with E-state index in [1.54, 1.807) is 24.3 Å². The molecular formula is C18H18N2O3S2. The Morgan fingerprint density at radius 1 is 0.920 bits per heavy atom. The molecule has 2 aromatic carbocycles. The van der Waals surface area contributed by atoms with E-state index in [2.05, 4.69) is 10.9 Å². The average Bonchev–Trinajstić information content (AvgIpc) is 2.67. The normalized spacial score (nSPS) is 14.7. The molecule has 2 amide bonds. The molecule has 0 aromatic heterocycles. The average molecular weight is 374 g/mol. The summed E-state index contributed by atoms with van der Waals surface area (Å²) in [6.07, 6.45) is 1.24. The highest BCUT2D eigenvalue weighted by atomic mass is 32.2. The van der Waals surface area contributed by atoms with Crippen LogP contribution in [-0.4, -0.2) is 28.4 Å². The van der Waals surface area contributed by atoms with Gasteiger partial charge in [0.1, 0.15) is 5.75 Å². The standard InChI is InChI=1S/C18H18N2O3S2/c21-15-5-2-1-4-14(15)17(23)20-19-16(22)12-6-8-13(9-7-12)18-24-10-3-11-25-18/h1-2,4-9,18,21H,3,10-11H2,(H,19,22)(H,20,23). The van der Waals surface area contributed by atoms with Gasteiger partial charge in [0.05, 0.1) is 10.1 Å². The number of carbonyl (C=O) groups is 2. The van der Waals surface area contributed by atoms with E-state index >= 15 is 0 Å². The molecule has 0 unspecified atom stereocenters. The van der Waals surface area contributed by atoms with Crippen LogP contribution < -0.4 is 10.9 Å². The third kappa shape index (κ3) is 4.49. The van der Waals surface area contributed by atoms with E-state index in [0.717, 1.165) is 11.5 Å². The van der Waals surface area contributed by atoms with Gasteiger partial charge < -0.3 is 5.11 Å². The number of carbonyl (C=O) groups excluding carboxylic acids is 2. The number of hydrazine groups is 1. The molecule has 130 valence electrons. The summed E-state index contributed by atoms with van der Waals surface area (Å²) in [5, 5.41) is 9.64. The number of amides is 2. The van der Waals surface area contributed by atoms with E-state index in [-0.39, 0.29) is 11.3 Å². The first kappa shape index (κ1) is 17.7. The van der Waals surface area contributed by atoms with Crippen LogP contribution in [0, 0.1) is 0 Å². The second kappa shape index (κ2) is 8.31. The molecule has 0 bridgehead atoms. The number of hydrogen-bond donors (Lipinski definition) is 3. The van der Waals surface area contributed by atoms with Crippen molar-refractivity contribution < 1.29 is 14.7 Å². The first-order chi connectivity index (χ1) is 12.1. The highest BCUT2D eigenvalue weighted by Gasteiger charge is 2.17. The van der Waals surface area contributed by atoms with Crippen LogP contribution in [0.2, 0.25) is 0 Å². The third-order valence-corrected chi connectivity index (χ3v) is 6.73. The van der Waals surface area contributed by atoms with Crippen LogP contribution in [0.15, 0.2) is 48.5 Å². The Morgan fingerprint density at radius 2 is 1.56 bits per heavy atom. The Labute approximate surface area is 154 Å². The highest BCUT2D eigenvalue weighted by molar-refractivity contribution is 8.16. The Kier molecular flexibility index (Phi) is 5.88. The van der Waals surface area contributed by atoms with Crippen molar-refractivity contribution in [2.24, 2.45) is 0 Å². The minimum Gasteiger partial charge on any atom is -0.507 e. The predicted octanol–water partition coefficient (Wildman–Crippen LogP) is 3.34. The molecular weight excluding hydrogens is 356 g/mol. The Balaban J connectivity index is 1.58. The minimum atomic E-state index is -0.571. The van der Waals surface area contributed by atoms with Gasteiger partial charge in [0.2, 0.25) is 0 Å². The van der Waals surface area contributed by atoms with Gasteiger partial charge >= 0.3 is 0 Å². The fourth-order valence-electron chi connectivity index (χ4n) is 2.39. The SMILES string of the molecule is O=C(NNC(=O)c1ccccc1O)c1ccc(C2SCCCS2)cc1. The van der Waals surface area contributed by atoms with Gasteiger partial charge in [-0.15, -0.1) is 23.5 Å². The molecule has 0 radical (unpaired) electrons. The molecule has 25 heavy (non-hydrogen) atoms. The van der Waals surface area contributed by atoms with Crippen LogP contribution in [-0.2, 0) is 0 Å². The molecule has 0 spiro atoms. The van der Waals surface area contributed by atoms with Crippen LogP contribution in [0.1, 0.15) is 37.3 Å². The van der Waals surface area contributed by atoms with Gasteiger partial charge in [0.15, 0.2) is 0 Å². The number of hydrogen-bond acceptors (Lipinski definition) is 5. The summed E-state index contributed by atoms with van der Waals surface area (Å²) in [5.74, 6) is 1.22. The monoisotopic (exact) mass is 374 g/mol. The zero-order valence-electron chi connectivity index (χ0n) is 13.4. The first-order valence-corrected chi connectivity index (χ1v) is 9.97. The number of para-hydroxylation sites is 1. The van der Waals surface area contributed by atoms with Gasteiger partial charge in [0.25, 0.3) is 11.8 Å². The summed E-state index contributed by atoms with van der Waals surface area (Å²) < 4.78 is 0.423. The van der Waals surface area contributed by atoms with Crippen molar-refractivity contribution in [2.45, 2.75) is 11.0 Å². The van der Waals surface area contributed by atoms with Crippen LogP contribution in [0.5, 0.6) is 5.75 Å². The second-order valence-corrected chi connectivity index (χ2v) is 8.20. The summed E-state index contributed by atoms with van der Waals surface area (Å²) in [7, 11) is 0. The Hall–Kier alpha value is -2.12. The molecule has 1 aliphatic heterocycles. The van der Waals surface area contributed by atoms with E-state index in [9.17, 15) is 14.7 Å². The maximum Gasteiger partial charge on any atom is 0.273 e. The van der Waals surface area contributed by atoms with Crippen molar-refractivity contribution in [3.63, 3.8) is 0 Å². The van der Waals surface area contributed by atoms with Crippen LogP contribution >= 0.6 is 23.5 Å². The van der Waals surface area contributed by atoms with Crippen molar-refractivity contribution in [1.29, 1.82) is 0 Å². The van der Waals surface area contributed by atoms with Crippen molar-refractivity contribution in [1.82, 2.24) is 10.9 Å². The number of phenolic OH excluding ortho intramolecular Hbond substituents is 1. The van der Waals surface area contributed by atoms with Gasteiger partial charge in [-0.2, -0.15) is 0 Å². The topological polar surface area (TPSA) is 78.4 Å². The smallest absolute Gasteiger partial charge is 0.273 e. The fourth-order valence-corrected chi connectivity index (χ4v) is 5.28. The lowest BCUT2D eigenvalue weighted by atomic mass is 10.1. The Morgan fingerprint density at radius 3 is 2.24 bits per heavy atom. The third-order valence-electron chi connectivity index (χ3n) is 3.71. The maximum absolute atomic E-state index is 12.2. The zero-order valence-corrected chi connectivity index (χ0v) is 15.0. The van der Waals surface area contributed by atoms with Gasteiger partial charge in [-0.25, -0.2) is 0 Å². The van der Waals surface area contributed by atoms with E-state index in [1.165, 1.54) is 24.1 Å². The summed E-state index contributed by atoms with van der Waals surface area (Å²) in [4.78, 5) is 24.1. The largest absolute Gasteiger partial charge is 0.507 e. The minimum absolute atomic E-state index is 0.101. The molecule has 1 heterocycles. The van der Waals surface area contributed by atoms with E-state index in [4.69, 9.17) is 0 Å². The summed E-state index contributed by atoms with van der Waals surface area (Å²) >= 11 is 3.85. The lowest BCUT2D eigenvalue weighted by Gasteiger charge is -2.21. The quantitative estimate of drug-likeness (QED) is 0.718. The Bertz CT molecular complexity index is 759. The number of phenols is 1. The molecule has 0 aliphatic carbocycles. The number of benzene rings is 2. The maximum atomic E-state index is 12.2. The molecule has 1 aliphatic rings. The molecule has 5 nitrogen and oxygen atoms in total. The molecule has 1 saturated heterocycles. The van der Waals surface area contributed by atoms with Crippen LogP contribution in [0.3, 0.4) is 0 Å². The predicted molar refractivity (Wildman–Crippen MR) is 102 cm³/mol. The zero-order chi connectivity index (χ0) is 17.6. The lowest BCUT2D eigenvalue weighted by Crippen LogP contribution is -2.41. The van der Waals surface area contributed by atoms with Crippen LogP contribution in [0.25, 0.3) is 0 Å². The molecule has 0 saturated carbocycles. The van der Waals surface area contributed by atoms with Gasteiger partial charge in [0, 0.05) is 5.56 Å². The molecule has 3 rings (SSSR count). The number of rotatable bonds is 3. The van der Waals surface area contributed by atoms with Crippen molar-refractivity contribution >= 4 is 35.3 Å². The van der Waals surface area contributed by atoms with Crippen molar-refractivity contribution in [3.05, 3.63) is 65.2 Å². The van der Waals surface area contributed by atoms with Crippen molar-refractivity contribution in [3.8, 4) is 5.75 Å². The number of nitrogens with one attached hydrogen (secondary N) is 2. The van der Waals surface area contributed by atoms with Gasteiger partial charge in [-0.1, -0.05) is 24.3 Å². The van der Waals surface area contributed by atoms with Crippen molar-refractivity contribution in [2.75, 3.05) is 11.5 Å². The first-order valence-electron chi connectivity index (χ1n) is 7.87. The van der Waals surface area contributed by atoms with E-state index in [1.807, 2.05) is 35.7 Å². The highest BCUT2D eigenvalue weighted by Crippen LogP contribution is 2.43. The van der Waals surface area contributed by atoms with Gasteiger partial charge in [-0.3, -0.25) is 20.4 Å². The molecule has 2 aromatic rings. The summed E-state index contributed by atoms with van der Waals surface area (Å²) in [6.45, 7) is 0. The number of thioether (sulfide) groups is 2. The summed E-state index contributed by atoms with van der Waals surface area (Å²) in [6, 6.07) is 13.6. The number of aromatic hydroxyl groups is 1. The summed E-state index contributed by atoms with van der Waals surface area (Å²) in [5.41, 5.74) is 6.44. The molecule has 1 fully saturated rings. The van der Waals surface area contributed by atoms with Gasteiger partial charge in [-0.05, 0) is 47.8 Å². The van der Waals surface area contributed by atoms with Crippen LogP contribution in [0.4, 0.5) is 0 Å². The fraction of sp³-hybridized carbons (Fsp3) is 0.222. The molecule has 0 atom stereocenters.